The van der Waals surface area contributed by atoms with Crippen molar-refractivity contribution in [3.63, 3.8) is 0 Å². The summed E-state index contributed by atoms with van der Waals surface area (Å²) in [4.78, 5) is 0. The van der Waals surface area contributed by atoms with E-state index < -0.39 is 8.32 Å². The topological polar surface area (TPSA) is 29.5 Å². The Morgan fingerprint density at radius 3 is 2.19 bits per heavy atom. The maximum absolute atomic E-state index is 9.82. The highest BCUT2D eigenvalue weighted by Crippen LogP contribution is 2.40. The minimum absolute atomic E-state index is 0.141. The summed E-state index contributed by atoms with van der Waals surface area (Å²) in [6.07, 6.45) is 0. The van der Waals surface area contributed by atoms with Crippen molar-refractivity contribution in [2.24, 2.45) is 0 Å². The fourth-order valence-electron chi connectivity index (χ4n) is 1.18. The zero-order valence-corrected chi connectivity index (χ0v) is 12.1. The van der Waals surface area contributed by atoms with Gasteiger partial charge in [-0.05, 0) is 36.7 Å². The molecule has 0 saturated heterocycles. The van der Waals surface area contributed by atoms with Gasteiger partial charge in [-0.1, -0.05) is 32.9 Å². The van der Waals surface area contributed by atoms with E-state index in [1.807, 2.05) is 19.1 Å². The van der Waals surface area contributed by atoms with Crippen molar-refractivity contribution in [1.82, 2.24) is 0 Å². The third kappa shape index (κ3) is 2.58. The van der Waals surface area contributed by atoms with E-state index in [1.54, 1.807) is 6.07 Å². The molecule has 0 unspecified atom stereocenters. The van der Waals surface area contributed by atoms with E-state index >= 15 is 0 Å². The van der Waals surface area contributed by atoms with E-state index in [2.05, 4.69) is 33.9 Å². The van der Waals surface area contributed by atoms with Crippen molar-refractivity contribution in [3.05, 3.63) is 23.8 Å². The van der Waals surface area contributed by atoms with Crippen LogP contribution in [0.1, 0.15) is 26.3 Å². The van der Waals surface area contributed by atoms with Crippen LogP contribution in [0.2, 0.25) is 18.1 Å². The summed E-state index contributed by atoms with van der Waals surface area (Å²) in [5.41, 5.74) is 0.991. The number of aryl methyl sites for hydroxylation is 1. The lowest BCUT2D eigenvalue weighted by atomic mass is 10.2. The fraction of sp³-hybridized carbons (Fsp3) is 0.538. The van der Waals surface area contributed by atoms with Gasteiger partial charge in [0.2, 0.25) is 0 Å². The second-order valence-corrected chi connectivity index (χ2v) is 10.5. The highest BCUT2D eigenvalue weighted by molar-refractivity contribution is 6.74. The quantitative estimate of drug-likeness (QED) is 0.787. The molecule has 0 fully saturated rings. The maximum atomic E-state index is 9.82. The van der Waals surface area contributed by atoms with Crippen LogP contribution in [0, 0.1) is 6.92 Å². The maximum Gasteiger partial charge on any atom is 0.250 e. The molecule has 1 aromatic rings. The first-order chi connectivity index (χ1) is 7.15. The lowest BCUT2D eigenvalue weighted by Gasteiger charge is -2.37. The molecule has 1 aromatic carbocycles. The average molecular weight is 238 g/mol. The van der Waals surface area contributed by atoms with E-state index in [1.165, 1.54) is 0 Å². The summed E-state index contributed by atoms with van der Waals surface area (Å²) in [6, 6.07) is 5.47. The molecule has 3 heteroatoms. The smallest absolute Gasteiger partial charge is 0.250 e. The van der Waals surface area contributed by atoms with Gasteiger partial charge in [-0.3, -0.25) is 0 Å². The van der Waals surface area contributed by atoms with E-state index in [4.69, 9.17) is 4.43 Å². The van der Waals surface area contributed by atoms with Crippen molar-refractivity contribution < 1.29 is 9.53 Å². The van der Waals surface area contributed by atoms with Crippen LogP contribution in [0.4, 0.5) is 0 Å². The Hall–Kier alpha value is -0.963. The second kappa shape index (κ2) is 4.13. The zero-order valence-electron chi connectivity index (χ0n) is 11.1. The summed E-state index contributed by atoms with van der Waals surface area (Å²) in [5, 5.41) is 9.96. The first kappa shape index (κ1) is 13.1. The number of benzene rings is 1. The molecule has 0 aliphatic rings. The number of para-hydroxylation sites is 1. The highest BCUT2D eigenvalue weighted by Gasteiger charge is 2.39. The first-order valence-electron chi connectivity index (χ1n) is 5.63. The lowest BCUT2D eigenvalue weighted by Crippen LogP contribution is -2.44. The predicted octanol–water partition coefficient (Wildman–Crippen LogP) is 4.08. The minimum atomic E-state index is -1.87. The minimum Gasteiger partial charge on any atom is -0.541 e. The summed E-state index contributed by atoms with van der Waals surface area (Å²) in [6.45, 7) is 12.9. The Labute approximate surface area is 99.4 Å². The van der Waals surface area contributed by atoms with Gasteiger partial charge in [0.25, 0.3) is 8.32 Å². The van der Waals surface area contributed by atoms with Gasteiger partial charge in [-0.15, -0.1) is 0 Å². The highest BCUT2D eigenvalue weighted by atomic mass is 28.4. The summed E-state index contributed by atoms with van der Waals surface area (Å²) in [5.74, 6) is 0.888. The number of phenolic OH excluding ortho intramolecular Hbond substituents is 1. The summed E-state index contributed by atoms with van der Waals surface area (Å²) in [7, 11) is -1.87. The van der Waals surface area contributed by atoms with Gasteiger partial charge >= 0.3 is 0 Å². The van der Waals surface area contributed by atoms with E-state index in [0.717, 1.165) is 5.56 Å². The summed E-state index contributed by atoms with van der Waals surface area (Å²) >= 11 is 0. The lowest BCUT2D eigenvalue weighted by molar-refractivity contribution is 0.420. The number of rotatable bonds is 2. The van der Waals surface area contributed by atoms with Crippen LogP contribution in [0.25, 0.3) is 0 Å². The molecule has 0 aromatic heterocycles. The number of hydrogen-bond donors (Lipinski definition) is 1. The van der Waals surface area contributed by atoms with E-state index in [-0.39, 0.29) is 10.8 Å². The molecule has 0 atom stereocenters. The Morgan fingerprint density at radius 1 is 1.19 bits per heavy atom. The molecule has 1 rings (SSSR count). The zero-order chi connectivity index (χ0) is 12.6. The Kier molecular flexibility index (Phi) is 3.38. The predicted molar refractivity (Wildman–Crippen MR) is 70.7 cm³/mol. The Morgan fingerprint density at radius 2 is 1.75 bits per heavy atom. The molecule has 90 valence electrons. The van der Waals surface area contributed by atoms with Gasteiger partial charge in [0.15, 0.2) is 5.75 Å². The van der Waals surface area contributed by atoms with Crippen molar-refractivity contribution in [1.29, 1.82) is 0 Å². The first-order valence-corrected chi connectivity index (χ1v) is 8.53. The summed E-state index contributed by atoms with van der Waals surface area (Å²) < 4.78 is 6.12. The van der Waals surface area contributed by atoms with Crippen molar-refractivity contribution in [3.8, 4) is 11.5 Å². The number of aromatic hydroxyl groups is 1. The molecule has 0 amide bonds. The van der Waals surface area contributed by atoms with Crippen molar-refractivity contribution >= 4 is 8.32 Å². The fourth-order valence-corrected chi connectivity index (χ4v) is 2.26. The largest absolute Gasteiger partial charge is 0.541 e. The third-order valence-corrected chi connectivity index (χ3v) is 7.68. The van der Waals surface area contributed by atoms with Gasteiger partial charge in [0.05, 0.1) is 0 Å². The Bertz CT molecular complexity index is 358. The Balaban J connectivity index is 3.06. The van der Waals surface area contributed by atoms with Crippen LogP contribution < -0.4 is 4.43 Å². The molecule has 0 bridgehead atoms. The molecule has 0 spiro atoms. The normalized spacial score (nSPS) is 12.6. The molecule has 0 heterocycles. The number of phenols is 1. The molecule has 16 heavy (non-hydrogen) atoms. The molecular weight excluding hydrogens is 216 g/mol. The van der Waals surface area contributed by atoms with Crippen LogP contribution in [0.3, 0.4) is 0 Å². The standard InChI is InChI=1S/C13H22O2Si/c1-10-8-7-9-11(14)12(10)15-16(5,6)13(2,3)4/h7-9,14H,1-6H3. The van der Waals surface area contributed by atoms with Gasteiger partial charge in [0.1, 0.15) is 5.75 Å². The molecular formula is C13H22O2Si. The van der Waals surface area contributed by atoms with Gasteiger partial charge < -0.3 is 9.53 Å². The molecule has 0 saturated carbocycles. The van der Waals surface area contributed by atoms with Gasteiger partial charge in [-0.2, -0.15) is 0 Å². The molecule has 0 aliphatic carbocycles. The average Bonchev–Trinajstić information content (AvgIpc) is 2.10. The molecule has 0 radical (unpaired) electrons. The van der Waals surface area contributed by atoms with Crippen LogP contribution in [0.15, 0.2) is 18.2 Å². The molecule has 1 N–H and O–H groups in total. The molecule has 2 nitrogen and oxygen atoms in total. The second-order valence-electron chi connectivity index (χ2n) is 5.79. The van der Waals surface area contributed by atoms with Crippen LogP contribution in [-0.2, 0) is 0 Å². The third-order valence-electron chi connectivity index (χ3n) is 3.35. The van der Waals surface area contributed by atoms with Crippen LogP contribution >= 0.6 is 0 Å². The van der Waals surface area contributed by atoms with Gasteiger partial charge in [-0.25, -0.2) is 0 Å². The molecule has 0 aliphatic heterocycles. The van der Waals surface area contributed by atoms with E-state index in [9.17, 15) is 5.11 Å². The SMILES string of the molecule is Cc1cccc(O)c1O[Si](C)(C)C(C)(C)C. The number of hydrogen-bond acceptors (Lipinski definition) is 2. The van der Waals surface area contributed by atoms with Crippen LogP contribution in [0.5, 0.6) is 11.5 Å². The van der Waals surface area contributed by atoms with Crippen LogP contribution in [-0.4, -0.2) is 13.4 Å². The monoisotopic (exact) mass is 238 g/mol. The van der Waals surface area contributed by atoms with Crippen molar-refractivity contribution in [2.75, 3.05) is 0 Å². The van der Waals surface area contributed by atoms with Gasteiger partial charge in [0, 0.05) is 0 Å². The van der Waals surface area contributed by atoms with Crippen molar-refractivity contribution in [2.45, 2.75) is 45.8 Å². The van der Waals surface area contributed by atoms with E-state index in [0.29, 0.717) is 5.75 Å².